The lowest BCUT2D eigenvalue weighted by Gasteiger charge is -2.03. The van der Waals surface area contributed by atoms with Gasteiger partial charge in [0.05, 0.1) is 10.4 Å². The van der Waals surface area contributed by atoms with Gasteiger partial charge < -0.3 is 0 Å². The van der Waals surface area contributed by atoms with Crippen LogP contribution in [0.15, 0.2) is 60.8 Å². The van der Waals surface area contributed by atoms with E-state index in [0.717, 1.165) is 10.9 Å². The Kier molecular flexibility index (Phi) is 3.16. The van der Waals surface area contributed by atoms with Crippen LogP contribution in [0.2, 0.25) is 0 Å². The van der Waals surface area contributed by atoms with Crippen LogP contribution in [0.3, 0.4) is 0 Å². The Morgan fingerprint density at radius 2 is 1.81 bits per heavy atom. The highest BCUT2D eigenvalue weighted by Crippen LogP contribution is 2.19. The number of ketones is 1. The van der Waals surface area contributed by atoms with Gasteiger partial charge in [0.2, 0.25) is 0 Å². The number of carbonyl (C=O) groups is 1. The van der Waals surface area contributed by atoms with Crippen LogP contribution in [0, 0.1) is 10.1 Å². The SMILES string of the molecule is O=C(c1cccc([N+](=O)[O-])c1)c1cnc2ccccc2c1. The van der Waals surface area contributed by atoms with Crippen LogP contribution in [0.4, 0.5) is 5.69 Å². The van der Waals surface area contributed by atoms with E-state index in [0.29, 0.717) is 5.56 Å². The van der Waals surface area contributed by atoms with E-state index < -0.39 is 4.92 Å². The minimum Gasteiger partial charge on any atom is -0.289 e. The third kappa shape index (κ3) is 2.49. The van der Waals surface area contributed by atoms with Crippen molar-refractivity contribution in [2.75, 3.05) is 0 Å². The number of hydrogen-bond acceptors (Lipinski definition) is 4. The van der Waals surface area contributed by atoms with Crippen molar-refractivity contribution in [2.45, 2.75) is 0 Å². The molecule has 3 rings (SSSR count). The minimum absolute atomic E-state index is 0.102. The number of nitrogens with zero attached hydrogens (tertiary/aromatic N) is 2. The second-order valence-corrected chi connectivity index (χ2v) is 4.55. The van der Waals surface area contributed by atoms with E-state index in [1.165, 1.54) is 24.4 Å². The number of aromatic nitrogens is 1. The Hall–Kier alpha value is -3.08. The molecule has 0 bridgehead atoms. The first kappa shape index (κ1) is 12.9. The smallest absolute Gasteiger partial charge is 0.270 e. The van der Waals surface area contributed by atoms with Crippen molar-refractivity contribution in [3.05, 3.63) is 82.0 Å². The first-order valence-electron chi connectivity index (χ1n) is 6.29. The van der Waals surface area contributed by atoms with E-state index in [1.807, 2.05) is 24.3 Å². The Labute approximate surface area is 120 Å². The zero-order valence-electron chi connectivity index (χ0n) is 10.9. The monoisotopic (exact) mass is 278 g/mol. The summed E-state index contributed by atoms with van der Waals surface area (Å²) in [4.78, 5) is 26.9. The first-order valence-corrected chi connectivity index (χ1v) is 6.29. The summed E-state index contributed by atoms with van der Waals surface area (Å²) in [5.74, 6) is -0.281. The molecular weight excluding hydrogens is 268 g/mol. The molecule has 0 radical (unpaired) electrons. The third-order valence-electron chi connectivity index (χ3n) is 3.17. The molecule has 5 heteroatoms. The zero-order chi connectivity index (χ0) is 14.8. The van der Waals surface area contributed by atoms with Crippen molar-refractivity contribution in [1.82, 2.24) is 4.98 Å². The maximum atomic E-state index is 12.4. The van der Waals surface area contributed by atoms with E-state index >= 15 is 0 Å². The highest BCUT2D eigenvalue weighted by molar-refractivity contribution is 6.10. The standard InChI is InChI=1S/C16H10N2O3/c19-16(12-5-3-6-14(9-12)18(20)21)13-8-11-4-1-2-7-15(11)17-10-13/h1-10H. The van der Waals surface area contributed by atoms with E-state index in [1.54, 1.807) is 12.1 Å². The van der Waals surface area contributed by atoms with Crippen LogP contribution in [-0.4, -0.2) is 15.7 Å². The number of nitro benzene ring substituents is 1. The van der Waals surface area contributed by atoms with Crippen molar-refractivity contribution in [3.8, 4) is 0 Å². The summed E-state index contributed by atoms with van der Waals surface area (Å²) in [6, 6.07) is 14.9. The van der Waals surface area contributed by atoms with Gasteiger partial charge in [0.25, 0.3) is 5.69 Å². The molecule has 0 N–H and O–H groups in total. The normalized spacial score (nSPS) is 10.5. The lowest BCUT2D eigenvalue weighted by molar-refractivity contribution is -0.384. The molecule has 0 aliphatic rings. The van der Waals surface area contributed by atoms with Gasteiger partial charge in [-0.05, 0) is 12.1 Å². The second-order valence-electron chi connectivity index (χ2n) is 4.55. The van der Waals surface area contributed by atoms with Gasteiger partial charge in [-0.2, -0.15) is 0 Å². The summed E-state index contributed by atoms with van der Waals surface area (Å²) in [6.45, 7) is 0. The van der Waals surface area contributed by atoms with Crippen LogP contribution in [0.1, 0.15) is 15.9 Å². The molecule has 2 aromatic carbocycles. The highest BCUT2D eigenvalue weighted by Gasteiger charge is 2.14. The molecule has 5 nitrogen and oxygen atoms in total. The van der Waals surface area contributed by atoms with Crippen molar-refractivity contribution < 1.29 is 9.72 Å². The highest BCUT2D eigenvalue weighted by atomic mass is 16.6. The van der Waals surface area contributed by atoms with Gasteiger partial charge in [-0.3, -0.25) is 19.9 Å². The van der Waals surface area contributed by atoms with Crippen LogP contribution >= 0.6 is 0 Å². The first-order chi connectivity index (χ1) is 10.1. The molecule has 3 aromatic rings. The molecule has 0 atom stereocenters. The molecule has 0 aliphatic heterocycles. The number of pyridine rings is 1. The predicted octanol–water partition coefficient (Wildman–Crippen LogP) is 3.37. The summed E-state index contributed by atoms with van der Waals surface area (Å²) < 4.78 is 0. The van der Waals surface area contributed by atoms with Crippen molar-refractivity contribution in [3.63, 3.8) is 0 Å². The summed E-state index contributed by atoms with van der Waals surface area (Å²) in [5.41, 5.74) is 1.39. The summed E-state index contributed by atoms with van der Waals surface area (Å²) in [7, 11) is 0. The summed E-state index contributed by atoms with van der Waals surface area (Å²) in [6.07, 6.45) is 1.49. The fraction of sp³-hybridized carbons (Fsp3) is 0. The molecule has 0 fully saturated rings. The number of non-ortho nitro benzene ring substituents is 1. The molecule has 21 heavy (non-hydrogen) atoms. The van der Waals surface area contributed by atoms with E-state index in [4.69, 9.17) is 0 Å². The summed E-state index contributed by atoms with van der Waals surface area (Å²) >= 11 is 0. The van der Waals surface area contributed by atoms with Gasteiger partial charge in [-0.1, -0.05) is 30.3 Å². The van der Waals surface area contributed by atoms with Crippen LogP contribution in [0.25, 0.3) is 10.9 Å². The fourth-order valence-electron chi connectivity index (χ4n) is 2.12. The van der Waals surface area contributed by atoms with Gasteiger partial charge in [-0.15, -0.1) is 0 Å². The van der Waals surface area contributed by atoms with E-state index in [9.17, 15) is 14.9 Å². The molecule has 0 saturated carbocycles. The Bertz CT molecular complexity index is 859. The fourth-order valence-corrected chi connectivity index (χ4v) is 2.12. The second kappa shape index (κ2) is 5.13. The lowest BCUT2D eigenvalue weighted by Crippen LogP contribution is -2.02. The number of carbonyl (C=O) groups excluding carboxylic acids is 1. The molecule has 0 unspecified atom stereocenters. The quantitative estimate of drug-likeness (QED) is 0.418. The molecule has 102 valence electrons. The largest absolute Gasteiger partial charge is 0.289 e. The van der Waals surface area contributed by atoms with E-state index in [2.05, 4.69) is 4.98 Å². The number of rotatable bonds is 3. The minimum atomic E-state index is -0.518. The number of para-hydroxylation sites is 1. The number of fused-ring (bicyclic) bond motifs is 1. The molecule has 0 saturated heterocycles. The lowest BCUT2D eigenvalue weighted by atomic mass is 10.0. The van der Waals surface area contributed by atoms with Crippen molar-refractivity contribution in [1.29, 1.82) is 0 Å². The summed E-state index contributed by atoms with van der Waals surface area (Å²) in [5, 5.41) is 11.6. The van der Waals surface area contributed by atoms with Crippen LogP contribution < -0.4 is 0 Å². The van der Waals surface area contributed by atoms with Crippen LogP contribution in [0.5, 0.6) is 0 Å². The number of benzene rings is 2. The molecule has 0 spiro atoms. The van der Waals surface area contributed by atoms with E-state index in [-0.39, 0.29) is 17.0 Å². The van der Waals surface area contributed by atoms with Gasteiger partial charge in [0, 0.05) is 34.8 Å². The van der Waals surface area contributed by atoms with Crippen molar-refractivity contribution >= 4 is 22.4 Å². The van der Waals surface area contributed by atoms with Gasteiger partial charge >= 0.3 is 0 Å². The van der Waals surface area contributed by atoms with Crippen molar-refractivity contribution in [2.24, 2.45) is 0 Å². The molecule has 1 aromatic heterocycles. The maximum Gasteiger partial charge on any atom is 0.270 e. The Balaban J connectivity index is 2.03. The van der Waals surface area contributed by atoms with Gasteiger partial charge in [0.15, 0.2) is 5.78 Å². The Morgan fingerprint density at radius 1 is 1.00 bits per heavy atom. The average Bonchev–Trinajstić information content (AvgIpc) is 2.53. The number of hydrogen-bond donors (Lipinski definition) is 0. The predicted molar refractivity (Wildman–Crippen MR) is 78.3 cm³/mol. The Morgan fingerprint density at radius 3 is 2.62 bits per heavy atom. The molecular formula is C16H10N2O3. The van der Waals surface area contributed by atoms with Gasteiger partial charge in [0.1, 0.15) is 0 Å². The third-order valence-corrected chi connectivity index (χ3v) is 3.17. The number of nitro groups is 1. The van der Waals surface area contributed by atoms with Crippen LogP contribution in [-0.2, 0) is 0 Å². The molecule has 0 amide bonds. The molecule has 1 heterocycles. The average molecular weight is 278 g/mol. The molecule has 0 aliphatic carbocycles. The van der Waals surface area contributed by atoms with Gasteiger partial charge in [-0.25, -0.2) is 0 Å². The maximum absolute atomic E-state index is 12.4. The topological polar surface area (TPSA) is 73.1 Å². The zero-order valence-corrected chi connectivity index (χ0v) is 10.9.